The second-order valence-electron chi connectivity index (χ2n) is 10.4. The fraction of sp³-hybridized carbons (Fsp3) is 0.0909. The summed E-state index contributed by atoms with van der Waals surface area (Å²) in [6.07, 6.45) is 3.33. The minimum absolute atomic E-state index is 0.0541. The van der Waals surface area contributed by atoms with E-state index in [4.69, 9.17) is 0 Å². The number of fused-ring (bicyclic) bond motifs is 1. The van der Waals surface area contributed by atoms with Crippen LogP contribution in [-0.2, 0) is 6.54 Å². The van der Waals surface area contributed by atoms with Gasteiger partial charge in [-0.05, 0) is 78.3 Å². The first kappa shape index (κ1) is 28.0. The largest absolute Gasteiger partial charge is 0.337 e. The van der Waals surface area contributed by atoms with E-state index in [-0.39, 0.29) is 16.7 Å². The van der Waals surface area contributed by atoms with Crippen LogP contribution < -0.4 is 16.6 Å². The monoisotopic (exact) mass is 582 g/mol. The molecule has 0 saturated carbocycles. The number of nitrogens with one attached hydrogen (secondary N) is 2. The van der Waals surface area contributed by atoms with Gasteiger partial charge >= 0.3 is 11.7 Å². The predicted octanol–water partition coefficient (Wildman–Crippen LogP) is 4.62. The zero-order valence-corrected chi connectivity index (χ0v) is 23.9. The Morgan fingerprint density at radius 1 is 0.932 bits per heavy atom. The minimum atomic E-state index is -0.990. The van der Waals surface area contributed by atoms with Crippen LogP contribution in [0.4, 0.5) is 10.5 Å². The molecule has 3 aromatic heterocycles. The molecule has 3 aromatic carbocycles. The second kappa shape index (κ2) is 11.6. The summed E-state index contributed by atoms with van der Waals surface area (Å²) in [5.74, 6) is 0. The molecule has 0 aliphatic rings. The number of carbonyl (C=O) groups is 1. The molecule has 0 aliphatic heterocycles. The van der Waals surface area contributed by atoms with Gasteiger partial charge in [-0.2, -0.15) is 14.9 Å². The molecular formula is C33H26N8O3. The molecule has 2 N–H and O–H groups in total. The number of carbonyl (C=O) groups excluding carboxylic acids is 1. The first-order valence-corrected chi connectivity index (χ1v) is 13.7. The lowest BCUT2D eigenvalue weighted by molar-refractivity contribution is 0.252. The Balaban J connectivity index is 1.36. The highest BCUT2D eigenvalue weighted by atomic mass is 16.2. The fourth-order valence-electron chi connectivity index (χ4n) is 5.10. The third kappa shape index (κ3) is 5.29. The number of aromatic nitrogens is 5. The number of amides is 1. The minimum Gasteiger partial charge on any atom is -0.307 e. The van der Waals surface area contributed by atoms with E-state index in [1.54, 1.807) is 42.7 Å². The Labute approximate surface area is 251 Å². The summed E-state index contributed by atoms with van der Waals surface area (Å²) in [4.78, 5) is 48.7. The molecule has 0 radical (unpaired) electrons. The third-order valence-electron chi connectivity index (χ3n) is 7.09. The maximum Gasteiger partial charge on any atom is 0.337 e. The lowest BCUT2D eigenvalue weighted by Gasteiger charge is -2.15. The number of hydrogen-bond acceptors (Lipinski definition) is 7. The van der Waals surface area contributed by atoms with Gasteiger partial charge in [-0.3, -0.25) is 9.78 Å². The van der Waals surface area contributed by atoms with Gasteiger partial charge in [0.05, 0.1) is 5.69 Å². The molecule has 0 fully saturated rings. The van der Waals surface area contributed by atoms with Gasteiger partial charge in [-0.25, -0.2) is 14.3 Å². The fourth-order valence-corrected chi connectivity index (χ4v) is 5.10. The highest BCUT2D eigenvalue weighted by Gasteiger charge is 2.22. The number of aromatic amines is 1. The second-order valence-corrected chi connectivity index (χ2v) is 10.4. The number of H-pyrrole nitrogens is 1. The lowest BCUT2D eigenvalue weighted by Crippen LogP contribution is -2.42. The van der Waals surface area contributed by atoms with Crippen LogP contribution in [0.1, 0.15) is 11.3 Å². The molecular weight excluding hydrogens is 556 g/mol. The van der Waals surface area contributed by atoms with Crippen molar-refractivity contribution in [2.75, 3.05) is 19.4 Å². The van der Waals surface area contributed by atoms with E-state index < -0.39 is 17.3 Å². The van der Waals surface area contributed by atoms with Crippen LogP contribution in [0, 0.1) is 11.3 Å². The van der Waals surface area contributed by atoms with Crippen LogP contribution in [-0.4, -0.2) is 49.3 Å². The zero-order valence-electron chi connectivity index (χ0n) is 23.9. The molecule has 1 amide bonds. The van der Waals surface area contributed by atoms with Crippen molar-refractivity contribution >= 4 is 22.8 Å². The van der Waals surface area contributed by atoms with Crippen LogP contribution in [0.15, 0.2) is 107 Å². The van der Waals surface area contributed by atoms with Gasteiger partial charge in [0.25, 0.3) is 5.56 Å². The number of nitriles is 1. The molecule has 0 atom stereocenters. The number of benzene rings is 3. The first-order chi connectivity index (χ1) is 21.3. The van der Waals surface area contributed by atoms with Crippen LogP contribution in [0.3, 0.4) is 0 Å². The SMILES string of the molecule is CN(C)Cc1ccccc1-c1ccc(NC(=O)n2c(=O)[nH]c3c(C#N)nn(-c4cccc(-c5ccncc5)c4)c3c2=O)cc1. The van der Waals surface area contributed by atoms with E-state index in [2.05, 4.69) is 31.3 Å². The molecule has 11 nitrogen and oxygen atoms in total. The molecule has 11 heteroatoms. The van der Waals surface area contributed by atoms with Crippen molar-refractivity contribution in [3.63, 3.8) is 0 Å². The van der Waals surface area contributed by atoms with Gasteiger partial charge in [0, 0.05) is 24.6 Å². The maximum absolute atomic E-state index is 13.7. The Hall–Kier alpha value is -6.12. The molecule has 0 unspecified atom stereocenters. The summed E-state index contributed by atoms with van der Waals surface area (Å²) >= 11 is 0. The smallest absolute Gasteiger partial charge is 0.307 e. The summed E-state index contributed by atoms with van der Waals surface area (Å²) in [7, 11) is 4.01. The van der Waals surface area contributed by atoms with Crippen LogP contribution >= 0.6 is 0 Å². The van der Waals surface area contributed by atoms with E-state index in [9.17, 15) is 19.6 Å². The predicted molar refractivity (Wildman–Crippen MR) is 168 cm³/mol. The molecule has 0 spiro atoms. The van der Waals surface area contributed by atoms with Gasteiger partial charge in [0.15, 0.2) is 11.2 Å². The van der Waals surface area contributed by atoms with Gasteiger partial charge in [-0.1, -0.05) is 48.5 Å². The van der Waals surface area contributed by atoms with E-state index in [0.29, 0.717) is 15.9 Å². The van der Waals surface area contributed by atoms with Crippen molar-refractivity contribution in [1.82, 2.24) is 29.2 Å². The number of rotatable bonds is 6. The molecule has 0 saturated heterocycles. The molecule has 6 aromatic rings. The summed E-state index contributed by atoms with van der Waals surface area (Å²) in [6, 6.07) is 27.0. The summed E-state index contributed by atoms with van der Waals surface area (Å²) in [5, 5.41) is 16.6. The average Bonchev–Trinajstić information content (AvgIpc) is 3.41. The lowest BCUT2D eigenvalue weighted by atomic mass is 9.99. The Morgan fingerprint density at radius 3 is 2.41 bits per heavy atom. The van der Waals surface area contributed by atoms with Crippen molar-refractivity contribution in [2.24, 2.45) is 0 Å². The van der Waals surface area contributed by atoms with Crippen molar-refractivity contribution in [1.29, 1.82) is 5.26 Å². The van der Waals surface area contributed by atoms with Crippen LogP contribution in [0.5, 0.6) is 0 Å². The first-order valence-electron chi connectivity index (χ1n) is 13.7. The molecule has 3 heterocycles. The van der Waals surface area contributed by atoms with E-state index in [1.165, 1.54) is 4.68 Å². The molecule has 44 heavy (non-hydrogen) atoms. The number of nitrogens with zero attached hydrogens (tertiary/aromatic N) is 6. The van der Waals surface area contributed by atoms with E-state index in [0.717, 1.165) is 34.4 Å². The Bertz CT molecular complexity index is 2170. The van der Waals surface area contributed by atoms with E-state index >= 15 is 0 Å². The summed E-state index contributed by atoms with van der Waals surface area (Å²) in [6.45, 7) is 0.765. The number of anilines is 1. The normalized spacial score (nSPS) is 11.0. The van der Waals surface area contributed by atoms with Crippen molar-refractivity contribution in [3.05, 3.63) is 129 Å². The van der Waals surface area contributed by atoms with Gasteiger partial charge in [0.2, 0.25) is 0 Å². The standard InChI is InChI=1S/C33H26N8O3/c1-39(2)20-24-6-3-4-9-27(24)22-10-12-25(13-11-22)36-32(43)40-31(42)30-29(37-33(40)44)28(19-34)38-41(30)26-8-5-7-23(18-26)21-14-16-35-17-15-21/h3-18H,20H2,1-2H3,(H,36,43)(H,37,44). The van der Waals surface area contributed by atoms with Crippen molar-refractivity contribution in [2.45, 2.75) is 6.54 Å². The topological polar surface area (TPSA) is 142 Å². The number of pyridine rings is 1. The molecule has 6 rings (SSSR count). The van der Waals surface area contributed by atoms with E-state index in [1.807, 2.05) is 68.7 Å². The van der Waals surface area contributed by atoms with Crippen LogP contribution in [0.25, 0.3) is 39.0 Å². The zero-order chi connectivity index (χ0) is 30.8. The molecule has 0 bridgehead atoms. The van der Waals surface area contributed by atoms with Gasteiger partial charge in [0.1, 0.15) is 11.6 Å². The highest BCUT2D eigenvalue weighted by molar-refractivity contribution is 5.93. The van der Waals surface area contributed by atoms with Crippen LogP contribution in [0.2, 0.25) is 0 Å². The maximum atomic E-state index is 13.7. The van der Waals surface area contributed by atoms with Gasteiger partial charge < -0.3 is 15.2 Å². The highest BCUT2D eigenvalue weighted by Crippen LogP contribution is 2.26. The summed E-state index contributed by atoms with van der Waals surface area (Å²) in [5.41, 5.74) is 3.51. The number of hydrogen-bond donors (Lipinski definition) is 2. The quantitative estimate of drug-likeness (QED) is 0.292. The Kier molecular flexibility index (Phi) is 7.41. The molecule has 0 aliphatic carbocycles. The molecule has 216 valence electrons. The average molecular weight is 583 g/mol. The third-order valence-corrected chi connectivity index (χ3v) is 7.09. The Morgan fingerprint density at radius 2 is 1.68 bits per heavy atom. The van der Waals surface area contributed by atoms with Crippen molar-refractivity contribution < 1.29 is 4.79 Å². The van der Waals surface area contributed by atoms with Gasteiger partial charge in [-0.15, -0.1) is 0 Å². The summed E-state index contributed by atoms with van der Waals surface area (Å²) < 4.78 is 1.73. The van der Waals surface area contributed by atoms with Crippen molar-refractivity contribution in [3.8, 4) is 34.0 Å².